The van der Waals surface area contributed by atoms with Gasteiger partial charge in [-0.15, -0.1) is 0 Å². The number of aliphatic hydroxyl groups excluding tert-OH is 1. The van der Waals surface area contributed by atoms with E-state index in [9.17, 15) is 9.18 Å². The van der Waals surface area contributed by atoms with Crippen LogP contribution in [0.25, 0.3) is 0 Å². The number of likely N-dealkylation sites (tertiary alicyclic amines) is 1. The molecule has 1 unspecified atom stereocenters. The standard InChI is InChI=1S/C15H21FN2O2/c16-14-6-5-11(15(17)20)9-12(14)10-18-7-1-3-13(18)4-2-8-19/h5-6,9,13,19H,1-4,7-8,10H2,(H2,17,20). The van der Waals surface area contributed by atoms with Crippen LogP contribution in [0.1, 0.15) is 41.6 Å². The Labute approximate surface area is 118 Å². The predicted molar refractivity (Wildman–Crippen MR) is 74.7 cm³/mol. The van der Waals surface area contributed by atoms with Crippen LogP contribution in [0, 0.1) is 5.82 Å². The topological polar surface area (TPSA) is 66.6 Å². The maximum absolute atomic E-state index is 13.8. The van der Waals surface area contributed by atoms with E-state index >= 15 is 0 Å². The van der Waals surface area contributed by atoms with E-state index in [1.54, 1.807) is 6.07 Å². The number of carbonyl (C=O) groups is 1. The average molecular weight is 280 g/mol. The van der Waals surface area contributed by atoms with Crippen LogP contribution in [0.4, 0.5) is 4.39 Å². The van der Waals surface area contributed by atoms with Crippen molar-refractivity contribution in [2.24, 2.45) is 5.73 Å². The van der Waals surface area contributed by atoms with Crippen molar-refractivity contribution >= 4 is 5.91 Å². The molecule has 20 heavy (non-hydrogen) atoms. The molecule has 3 N–H and O–H groups in total. The maximum Gasteiger partial charge on any atom is 0.248 e. The molecule has 1 atom stereocenters. The lowest BCUT2D eigenvalue weighted by molar-refractivity contribution is 0.1000. The van der Waals surface area contributed by atoms with Crippen molar-refractivity contribution in [3.8, 4) is 0 Å². The highest BCUT2D eigenvalue weighted by Crippen LogP contribution is 2.24. The second-order valence-corrected chi connectivity index (χ2v) is 5.30. The van der Waals surface area contributed by atoms with E-state index in [1.165, 1.54) is 12.1 Å². The molecule has 1 aliphatic rings. The summed E-state index contributed by atoms with van der Waals surface area (Å²) in [6.07, 6.45) is 3.86. The maximum atomic E-state index is 13.8. The van der Waals surface area contributed by atoms with Crippen LogP contribution in [-0.2, 0) is 6.54 Å². The summed E-state index contributed by atoms with van der Waals surface area (Å²) in [4.78, 5) is 13.4. The van der Waals surface area contributed by atoms with Gasteiger partial charge in [0.1, 0.15) is 5.82 Å². The molecule has 1 heterocycles. The molecule has 1 amide bonds. The van der Waals surface area contributed by atoms with Crippen LogP contribution < -0.4 is 5.73 Å². The summed E-state index contributed by atoms with van der Waals surface area (Å²) in [6.45, 7) is 1.61. The van der Waals surface area contributed by atoms with Gasteiger partial charge in [-0.3, -0.25) is 9.69 Å². The first-order valence-corrected chi connectivity index (χ1v) is 7.05. The SMILES string of the molecule is NC(=O)c1ccc(F)c(CN2CCCC2CCCO)c1. The Balaban J connectivity index is 2.08. The van der Waals surface area contributed by atoms with E-state index in [-0.39, 0.29) is 12.4 Å². The Morgan fingerprint density at radius 1 is 1.50 bits per heavy atom. The van der Waals surface area contributed by atoms with Crippen LogP contribution in [-0.4, -0.2) is 35.1 Å². The summed E-state index contributed by atoms with van der Waals surface area (Å²) in [5, 5.41) is 8.91. The minimum atomic E-state index is -0.537. The number of hydrogen-bond acceptors (Lipinski definition) is 3. The van der Waals surface area contributed by atoms with E-state index in [0.29, 0.717) is 23.7 Å². The fraction of sp³-hybridized carbons (Fsp3) is 0.533. The molecule has 0 radical (unpaired) electrons. The molecule has 4 nitrogen and oxygen atoms in total. The molecule has 0 aliphatic carbocycles. The minimum absolute atomic E-state index is 0.190. The largest absolute Gasteiger partial charge is 0.396 e. The molecular formula is C15H21FN2O2. The molecule has 110 valence electrons. The predicted octanol–water partition coefficient (Wildman–Crippen LogP) is 1.66. The molecule has 0 saturated carbocycles. The monoisotopic (exact) mass is 280 g/mol. The lowest BCUT2D eigenvalue weighted by Gasteiger charge is -2.24. The van der Waals surface area contributed by atoms with Gasteiger partial charge < -0.3 is 10.8 Å². The summed E-state index contributed by atoms with van der Waals surface area (Å²) in [5.74, 6) is -0.840. The zero-order valence-electron chi connectivity index (χ0n) is 11.5. The van der Waals surface area contributed by atoms with Gasteiger partial charge >= 0.3 is 0 Å². The number of halogens is 1. The Hall–Kier alpha value is -1.46. The number of hydrogen-bond donors (Lipinski definition) is 2. The van der Waals surface area contributed by atoms with Crippen LogP contribution in [0.5, 0.6) is 0 Å². The van der Waals surface area contributed by atoms with E-state index in [0.717, 1.165) is 32.2 Å². The Morgan fingerprint density at radius 2 is 2.30 bits per heavy atom. The van der Waals surface area contributed by atoms with Crippen molar-refractivity contribution in [1.82, 2.24) is 4.90 Å². The fourth-order valence-electron chi connectivity index (χ4n) is 2.83. The van der Waals surface area contributed by atoms with Gasteiger partial charge in [0, 0.05) is 30.3 Å². The number of carbonyl (C=O) groups excluding carboxylic acids is 1. The number of aliphatic hydroxyl groups is 1. The lowest BCUT2D eigenvalue weighted by Crippen LogP contribution is -2.29. The van der Waals surface area contributed by atoms with Crippen molar-refractivity contribution < 1.29 is 14.3 Å². The highest BCUT2D eigenvalue weighted by atomic mass is 19.1. The third kappa shape index (κ3) is 3.55. The van der Waals surface area contributed by atoms with Gasteiger partial charge in [-0.1, -0.05) is 0 Å². The summed E-state index contributed by atoms with van der Waals surface area (Å²) in [6, 6.07) is 4.64. The smallest absolute Gasteiger partial charge is 0.248 e. The number of nitrogens with two attached hydrogens (primary N) is 1. The molecule has 1 fully saturated rings. The number of primary amides is 1. The molecule has 1 aromatic carbocycles. The molecule has 0 aromatic heterocycles. The molecule has 0 spiro atoms. The lowest BCUT2D eigenvalue weighted by atomic mass is 10.1. The van der Waals surface area contributed by atoms with Gasteiger partial charge in [0.2, 0.25) is 5.91 Å². The van der Waals surface area contributed by atoms with Crippen LogP contribution in [0.15, 0.2) is 18.2 Å². The quantitative estimate of drug-likeness (QED) is 0.833. The normalized spacial score (nSPS) is 19.4. The number of amides is 1. The van der Waals surface area contributed by atoms with E-state index in [2.05, 4.69) is 4.90 Å². The zero-order chi connectivity index (χ0) is 14.5. The van der Waals surface area contributed by atoms with Crippen molar-refractivity contribution in [1.29, 1.82) is 0 Å². The molecule has 0 bridgehead atoms. The first-order chi connectivity index (χ1) is 9.61. The van der Waals surface area contributed by atoms with Gasteiger partial charge in [-0.05, 0) is 50.4 Å². The first kappa shape index (κ1) is 14.9. The van der Waals surface area contributed by atoms with Crippen LogP contribution in [0.2, 0.25) is 0 Å². The Morgan fingerprint density at radius 3 is 3.00 bits per heavy atom. The number of benzene rings is 1. The minimum Gasteiger partial charge on any atom is -0.396 e. The van der Waals surface area contributed by atoms with Crippen LogP contribution in [0.3, 0.4) is 0 Å². The second-order valence-electron chi connectivity index (χ2n) is 5.30. The third-order valence-electron chi connectivity index (χ3n) is 3.90. The van der Waals surface area contributed by atoms with E-state index in [4.69, 9.17) is 10.8 Å². The van der Waals surface area contributed by atoms with Crippen molar-refractivity contribution in [2.45, 2.75) is 38.3 Å². The fourth-order valence-corrected chi connectivity index (χ4v) is 2.83. The van der Waals surface area contributed by atoms with Gasteiger partial charge in [0.25, 0.3) is 0 Å². The summed E-state index contributed by atoms with van der Waals surface area (Å²) >= 11 is 0. The van der Waals surface area contributed by atoms with Crippen molar-refractivity contribution in [3.63, 3.8) is 0 Å². The molecule has 5 heteroatoms. The van der Waals surface area contributed by atoms with Crippen molar-refractivity contribution in [2.75, 3.05) is 13.2 Å². The van der Waals surface area contributed by atoms with Gasteiger partial charge in [0.15, 0.2) is 0 Å². The highest BCUT2D eigenvalue weighted by molar-refractivity contribution is 5.92. The first-order valence-electron chi connectivity index (χ1n) is 7.05. The molecule has 1 aliphatic heterocycles. The van der Waals surface area contributed by atoms with Gasteiger partial charge in [-0.2, -0.15) is 0 Å². The second kappa shape index (κ2) is 6.81. The number of nitrogens with zero attached hydrogens (tertiary/aromatic N) is 1. The molecule has 1 saturated heterocycles. The van der Waals surface area contributed by atoms with Crippen LogP contribution >= 0.6 is 0 Å². The summed E-state index contributed by atoms with van der Waals surface area (Å²) < 4.78 is 13.8. The zero-order valence-corrected chi connectivity index (χ0v) is 11.5. The Kier molecular flexibility index (Phi) is 5.09. The molecule has 2 rings (SSSR count). The Bertz CT molecular complexity index is 479. The third-order valence-corrected chi connectivity index (χ3v) is 3.90. The van der Waals surface area contributed by atoms with Gasteiger partial charge in [-0.25, -0.2) is 4.39 Å². The van der Waals surface area contributed by atoms with E-state index < -0.39 is 5.91 Å². The number of rotatable bonds is 6. The van der Waals surface area contributed by atoms with Gasteiger partial charge in [0.05, 0.1) is 0 Å². The summed E-state index contributed by atoms with van der Waals surface area (Å²) in [7, 11) is 0. The van der Waals surface area contributed by atoms with E-state index in [1.807, 2.05) is 0 Å². The average Bonchev–Trinajstić information content (AvgIpc) is 2.86. The molecule has 1 aromatic rings. The highest BCUT2D eigenvalue weighted by Gasteiger charge is 2.24. The van der Waals surface area contributed by atoms with Crippen molar-refractivity contribution in [3.05, 3.63) is 35.1 Å². The summed E-state index contributed by atoms with van der Waals surface area (Å²) in [5.41, 5.74) is 6.08. The molecular weight excluding hydrogens is 259 g/mol.